The summed E-state index contributed by atoms with van der Waals surface area (Å²) in [7, 11) is 0. The molecule has 0 atom stereocenters. The second-order valence-electron chi connectivity index (χ2n) is 16.0. The average molecular weight is 749 g/mol. The summed E-state index contributed by atoms with van der Waals surface area (Å²) in [6.07, 6.45) is 0. The Morgan fingerprint density at radius 2 is 0.622 bits per heavy atom. The van der Waals surface area contributed by atoms with Gasteiger partial charge in [-0.25, -0.2) is 0 Å². The molecule has 1 aromatic carbocycles. The van der Waals surface area contributed by atoms with Gasteiger partial charge >= 0.3 is 83.2 Å². The molecule has 0 aliphatic rings. The van der Waals surface area contributed by atoms with Crippen LogP contribution in [0.3, 0.4) is 0 Å². The predicted octanol–water partition coefficient (Wildman–Crippen LogP) is 10.7. The molecular formula is C31H64FGeHfN3. The van der Waals surface area contributed by atoms with Gasteiger partial charge in [0.05, 0.1) is 0 Å². The Hall–Kier alpha value is 0.573. The number of hydrogen-bond acceptors (Lipinski definition) is 0. The van der Waals surface area contributed by atoms with Gasteiger partial charge in [0.25, 0.3) is 0 Å². The summed E-state index contributed by atoms with van der Waals surface area (Å²) in [4.78, 5) is 0. The van der Waals surface area contributed by atoms with Crippen LogP contribution in [0, 0.1) is 0 Å². The molecule has 0 amide bonds. The molecule has 218 valence electrons. The summed E-state index contributed by atoms with van der Waals surface area (Å²) >= 11 is -2.94. The van der Waals surface area contributed by atoms with Crippen LogP contribution < -0.4 is 4.40 Å². The van der Waals surface area contributed by atoms with Crippen molar-refractivity contribution in [2.45, 2.75) is 169 Å². The molecule has 0 aliphatic carbocycles. The third kappa shape index (κ3) is 43.9. The molecule has 3 nitrogen and oxygen atoms in total. The zero-order valence-electron chi connectivity index (χ0n) is 28.5. The van der Waals surface area contributed by atoms with E-state index in [9.17, 15) is 3.50 Å². The smallest absolute Gasteiger partial charge is 4.00 e. The second kappa shape index (κ2) is 16.7. The van der Waals surface area contributed by atoms with E-state index in [4.69, 9.17) is 0 Å². The first-order chi connectivity index (χ1) is 15.2. The molecule has 0 unspecified atom stereocenters. The summed E-state index contributed by atoms with van der Waals surface area (Å²) in [5.74, 6) is 3.49. The van der Waals surface area contributed by atoms with E-state index in [0.717, 1.165) is 4.40 Å². The molecule has 0 bridgehead atoms. The Balaban J connectivity index is -0.000000194. The molecule has 0 saturated carbocycles. The minimum absolute atomic E-state index is 0. The Labute approximate surface area is 255 Å². The molecule has 0 saturated heterocycles. The van der Waals surface area contributed by atoms with Crippen LogP contribution in [-0.4, -0.2) is 47.0 Å². The van der Waals surface area contributed by atoms with Crippen LogP contribution >= 0.6 is 0 Å². The fraction of sp³-hybridized carbons (Fsp3) is 0.839. The van der Waals surface area contributed by atoms with Gasteiger partial charge in [-0.2, -0.15) is 0 Å². The Bertz CT molecular complexity index is 570. The Morgan fingerprint density at radius 1 is 0.459 bits per heavy atom. The summed E-state index contributed by atoms with van der Waals surface area (Å²) in [6.45, 7) is 38.2. The normalized spacial score (nSPS) is 13.1. The number of hydrogen-bond donors (Lipinski definition) is 0. The van der Waals surface area contributed by atoms with Crippen molar-refractivity contribution in [3.05, 3.63) is 40.2 Å². The average Bonchev–Trinajstić information content (AvgIpc) is 2.89. The summed E-state index contributed by atoms with van der Waals surface area (Å²) < 4.78 is 14.1. The van der Waals surface area contributed by atoms with E-state index in [-0.39, 0.29) is 59.1 Å². The molecular weight excluding hydrogens is 684 g/mol. The molecule has 0 radical (unpaired) electrons. The van der Waals surface area contributed by atoms with Crippen LogP contribution in [0.1, 0.15) is 125 Å². The number of halogens is 1. The second-order valence-corrected chi connectivity index (χ2v) is 23.4. The van der Waals surface area contributed by atoms with E-state index in [1.807, 2.05) is 24.3 Å². The summed E-state index contributed by atoms with van der Waals surface area (Å²) in [5.41, 5.74) is 0.656. The maximum absolute atomic E-state index is 13.1. The first-order valence-corrected chi connectivity index (χ1v) is 19.4. The van der Waals surface area contributed by atoms with Gasteiger partial charge in [0, 0.05) is 0 Å². The third-order valence-corrected chi connectivity index (χ3v) is 6.94. The van der Waals surface area contributed by atoms with Crippen LogP contribution in [0.2, 0.25) is 11.5 Å². The van der Waals surface area contributed by atoms with Gasteiger partial charge in [-0.3, -0.25) is 0 Å². The van der Waals surface area contributed by atoms with Crippen molar-refractivity contribution in [2.24, 2.45) is 0 Å². The first-order valence-electron chi connectivity index (χ1n) is 13.4. The monoisotopic (exact) mass is 751 g/mol. The molecule has 6 heteroatoms. The minimum Gasteiger partial charge on any atom is 4.00 e. The molecule has 0 fully saturated rings. The molecule has 1 rings (SSSR count). The molecule has 1 aromatic rings. The SMILES string of the molecule is CC(C)(C)[N-]C(C)(C)C.CC(C)(C)[N-]C(C)(C)C.CC(C)(C)[N-]C(C)(C)C.[CH3][Ge]([CH3])([F])[c-]1cccc1.[Hf+4]. The van der Waals surface area contributed by atoms with Crippen molar-refractivity contribution in [1.29, 1.82) is 0 Å². The van der Waals surface area contributed by atoms with Gasteiger partial charge in [0.15, 0.2) is 0 Å². The van der Waals surface area contributed by atoms with Crippen LogP contribution in [0.5, 0.6) is 0 Å². The molecule has 0 aliphatic heterocycles. The summed E-state index contributed by atoms with van der Waals surface area (Å²) in [6, 6.07) is 7.53. The van der Waals surface area contributed by atoms with E-state index in [1.165, 1.54) is 0 Å². The van der Waals surface area contributed by atoms with Gasteiger partial charge in [-0.1, -0.05) is 125 Å². The third-order valence-electron chi connectivity index (χ3n) is 3.36. The van der Waals surface area contributed by atoms with Crippen LogP contribution in [0.15, 0.2) is 24.3 Å². The van der Waals surface area contributed by atoms with E-state index in [0.29, 0.717) is 0 Å². The van der Waals surface area contributed by atoms with Crippen molar-refractivity contribution in [2.75, 3.05) is 0 Å². The van der Waals surface area contributed by atoms with Crippen LogP contribution in [0.4, 0.5) is 3.50 Å². The van der Waals surface area contributed by atoms with E-state index in [1.54, 1.807) is 11.5 Å². The quantitative estimate of drug-likeness (QED) is 0.203. The number of rotatable bonds is 1. The van der Waals surface area contributed by atoms with Gasteiger partial charge < -0.3 is 16.0 Å². The van der Waals surface area contributed by atoms with Crippen molar-refractivity contribution >= 4 is 18.1 Å². The zero-order valence-corrected chi connectivity index (χ0v) is 34.2. The van der Waals surface area contributed by atoms with Gasteiger partial charge in [-0.15, -0.1) is 33.2 Å². The molecule has 0 heterocycles. The van der Waals surface area contributed by atoms with Gasteiger partial charge in [-0.05, 0) is 0 Å². The maximum Gasteiger partial charge on any atom is 4.00 e. The fourth-order valence-corrected chi connectivity index (χ4v) is 5.86. The van der Waals surface area contributed by atoms with Crippen LogP contribution in [-0.2, 0) is 25.8 Å². The van der Waals surface area contributed by atoms with Gasteiger partial charge in [0.2, 0.25) is 0 Å². The van der Waals surface area contributed by atoms with Crippen molar-refractivity contribution in [3.8, 4) is 0 Å². The maximum atomic E-state index is 13.1. The standard InChI is InChI=1S/3C8H18N.C7H10FGe.Hf/c3*1-7(2,3)9-8(4,5)6;1-9(2,8)7-5-3-4-6-7;/h3*1-6H3;3-6H,1-2H3;/q4*-1;+4. The van der Waals surface area contributed by atoms with E-state index >= 15 is 0 Å². The van der Waals surface area contributed by atoms with Crippen molar-refractivity contribution in [3.63, 3.8) is 0 Å². The van der Waals surface area contributed by atoms with E-state index in [2.05, 4.69) is 141 Å². The van der Waals surface area contributed by atoms with Crippen molar-refractivity contribution < 1.29 is 29.3 Å². The zero-order chi connectivity index (χ0) is 30.0. The molecule has 37 heavy (non-hydrogen) atoms. The van der Waals surface area contributed by atoms with Crippen LogP contribution in [0.25, 0.3) is 16.0 Å². The van der Waals surface area contributed by atoms with E-state index < -0.39 is 13.7 Å². The Morgan fingerprint density at radius 3 is 0.676 bits per heavy atom. The number of nitrogens with zero attached hydrogens (tertiary/aromatic N) is 3. The molecule has 0 aromatic heterocycles. The van der Waals surface area contributed by atoms with Gasteiger partial charge in [0.1, 0.15) is 0 Å². The van der Waals surface area contributed by atoms with Crippen molar-refractivity contribution in [1.82, 2.24) is 0 Å². The summed E-state index contributed by atoms with van der Waals surface area (Å²) in [5, 5.41) is 13.6. The minimum atomic E-state index is -2.94. The predicted molar refractivity (Wildman–Crippen MR) is 169 cm³/mol. The largest absolute Gasteiger partial charge is 4.00 e. The topological polar surface area (TPSA) is 42.3 Å². The fourth-order valence-electron chi connectivity index (χ4n) is 3.79. The molecule has 0 spiro atoms. The Kier molecular flexibility index (Phi) is 20.2. The molecule has 0 N–H and O–H groups in total. The first kappa shape index (κ1) is 44.6.